The van der Waals surface area contributed by atoms with Crippen molar-refractivity contribution in [1.29, 1.82) is 5.26 Å². The Morgan fingerprint density at radius 1 is 1.53 bits per heavy atom. The number of nitrogens with zero attached hydrogens (tertiary/aromatic N) is 1. The molecule has 0 radical (unpaired) electrons. The first-order valence-electron chi connectivity index (χ1n) is 5.64. The fourth-order valence-corrected chi connectivity index (χ4v) is 2.42. The Morgan fingerprint density at radius 2 is 2.27 bits per heavy atom. The van der Waals surface area contributed by atoms with E-state index in [9.17, 15) is 0 Å². The van der Waals surface area contributed by atoms with E-state index in [1.807, 2.05) is 11.8 Å². The van der Waals surface area contributed by atoms with Crippen molar-refractivity contribution in [2.75, 3.05) is 12.4 Å². The molecule has 0 spiro atoms. The molecule has 2 atom stereocenters. The summed E-state index contributed by atoms with van der Waals surface area (Å²) in [4.78, 5) is 0. The van der Waals surface area contributed by atoms with Crippen molar-refractivity contribution in [1.82, 2.24) is 5.32 Å². The molecule has 0 saturated heterocycles. The summed E-state index contributed by atoms with van der Waals surface area (Å²) in [5.74, 6) is 0.999. The summed E-state index contributed by atoms with van der Waals surface area (Å²) < 4.78 is 0. The molecule has 1 aliphatic rings. The number of nitrogens with one attached hydrogen (secondary N) is 1. The normalized spacial score (nSPS) is 19.5. The quantitative estimate of drug-likeness (QED) is 0.661. The summed E-state index contributed by atoms with van der Waals surface area (Å²) in [6, 6.07) is 2.93. The van der Waals surface area contributed by atoms with Crippen molar-refractivity contribution in [3.05, 3.63) is 0 Å². The maximum atomic E-state index is 8.91. The van der Waals surface area contributed by atoms with Crippen LogP contribution in [0.2, 0.25) is 0 Å². The lowest BCUT2D eigenvalue weighted by molar-refractivity contribution is 0.289. The summed E-state index contributed by atoms with van der Waals surface area (Å²) in [7, 11) is 0. The summed E-state index contributed by atoms with van der Waals surface area (Å²) >= 11 is 1.84. The summed E-state index contributed by atoms with van der Waals surface area (Å²) in [5.41, 5.74) is 0. The van der Waals surface area contributed by atoms with E-state index in [1.54, 1.807) is 0 Å². The molecular formula is C11H20N2OS. The van der Waals surface area contributed by atoms with Gasteiger partial charge in [-0.2, -0.15) is 17.0 Å². The standard InChI is InChI=1S/C11H20N2OS/c1-9(4-6-14)15-7-5-11(8-12)13-10-2-3-10/h9-11,13-14H,2-7H2,1H3. The van der Waals surface area contributed by atoms with Crippen LogP contribution in [0.15, 0.2) is 0 Å². The molecule has 0 aromatic carbocycles. The average molecular weight is 228 g/mol. The third-order valence-electron chi connectivity index (χ3n) is 2.51. The lowest BCUT2D eigenvalue weighted by Gasteiger charge is -2.12. The molecule has 86 valence electrons. The third kappa shape index (κ3) is 6.03. The fraction of sp³-hybridized carbons (Fsp3) is 0.909. The topological polar surface area (TPSA) is 56.0 Å². The number of nitriles is 1. The van der Waals surface area contributed by atoms with Gasteiger partial charge in [0, 0.05) is 17.9 Å². The van der Waals surface area contributed by atoms with Crippen molar-refractivity contribution in [2.24, 2.45) is 0 Å². The van der Waals surface area contributed by atoms with E-state index in [0.29, 0.717) is 11.3 Å². The van der Waals surface area contributed by atoms with Crippen molar-refractivity contribution >= 4 is 11.8 Å². The smallest absolute Gasteiger partial charge is 0.0963 e. The van der Waals surface area contributed by atoms with Crippen molar-refractivity contribution in [3.63, 3.8) is 0 Å². The van der Waals surface area contributed by atoms with Crippen LogP contribution in [-0.4, -0.2) is 34.8 Å². The number of hydrogen-bond acceptors (Lipinski definition) is 4. The third-order valence-corrected chi connectivity index (χ3v) is 3.79. The molecule has 4 heteroatoms. The van der Waals surface area contributed by atoms with E-state index in [2.05, 4.69) is 18.3 Å². The van der Waals surface area contributed by atoms with Crippen LogP contribution in [0.1, 0.15) is 32.6 Å². The van der Waals surface area contributed by atoms with E-state index in [0.717, 1.165) is 18.6 Å². The van der Waals surface area contributed by atoms with Crippen molar-refractivity contribution < 1.29 is 5.11 Å². The predicted octanol–water partition coefficient (Wildman–Crippen LogP) is 1.52. The predicted molar refractivity (Wildman–Crippen MR) is 63.8 cm³/mol. The molecule has 0 aliphatic heterocycles. The number of thioether (sulfide) groups is 1. The van der Waals surface area contributed by atoms with Gasteiger partial charge in [0.25, 0.3) is 0 Å². The minimum atomic E-state index is 0.0197. The molecule has 1 fully saturated rings. The molecule has 2 N–H and O–H groups in total. The second kappa shape index (κ2) is 7.10. The van der Waals surface area contributed by atoms with Gasteiger partial charge >= 0.3 is 0 Å². The Morgan fingerprint density at radius 3 is 2.80 bits per heavy atom. The highest BCUT2D eigenvalue weighted by atomic mass is 32.2. The minimum Gasteiger partial charge on any atom is -0.396 e. The van der Waals surface area contributed by atoms with Crippen LogP contribution in [0.25, 0.3) is 0 Å². The highest BCUT2D eigenvalue weighted by molar-refractivity contribution is 7.99. The highest BCUT2D eigenvalue weighted by Crippen LogP contribution is 2.21. The first-order chi connectivity index (χ1) is 7.26. The average Bonchev–Trinajstić information content (AvgIpc) is 3.00. The van der Waals surface area contributed by atoms with Crippen molar-refractivity contribution in [2.45, 2.75) is 49.9 Å². The van der Waals surface area contributed by atoms with E-state index >= 15 is 0 Å². The van der Waals surface area contributed by atoms with E-state index in [1.165, 1.54) is 12.8 Å². The lowest BCUT2D eigenvalue weighted by Crippen LogP contribution is -2.30. The molecule has 0 amide bonds. The van der Waals surface area contributed by atoms with Gasteiger partial charge in [0.05, 0.1) is 12.1 Å². The molecule has 3 nitrogen and oxygen atoms in total. The molecule has 1 rings (SSSR count). The summed E-state index contributed by atoms with van der Waals surface area (Å²) in [6.07, 6.45) is 4.21. The Labute approximate surface area is 96.2 Å². The number of aliphatic hydroxyl groups is 1. The molecule has 2 unspecified atom stereocenters. The SMILES string of the molecule is CC(CCO)SCCC(C#N)NC1CC1. The van der Waals surface area contributed by atoms with Gasteiger partial charge in [-0.05, 0) is 31.4 Å². The summed E-state index contributed by atoms with van der Waals surface area (Å²) in [5, 5.41) is 21.5. The maximum absolute atomic E-state index is 8.91. The van der Waals surface area contributed by atoms with E-state index in [4.69, 9.17) is 10.4 Å². The Bertz CT molecular complexity index is 213. The molecule has 1 aliphatic carbocycles. The van der Waals surface area contributed by atoms with Crippen LogP contribution in [0.5, 0.6) is 0 Å². The Hall–Kier alpha value is -0.240. The van der Waals surface area contributed by atoms with Gasteiger partial charge in [0.15, 0.2) is 0 Å². The minimum absolute atomic E-state index is 0.0197. The second-order valence-corrected chi connectivity index (χ2v) is 5.65. The van der Waals surface area contributed by atoms with Gasteiger partial charge in [0.1, 0.15) is 0 Å². The van der Waals surface area contributed by atoms with Crippen LogP contribution >= 0.6 is 11.8 Å². The first-order valence-corrected chi connectivity index (χ1v) is 6.69. The Balaban J connectivity index is 2.03. The van der Waals surface area contributed by atoms with Crippen LogP contribution < -0.4 is 5.32 Å². The van der Waals surface area contributed by atoms with Crippen LogP contribution in [-0.2, 0) is 0 Å². The largest absolute Gasteiger partial charge is 0.396 e. The van der Waals surface area contributed by atoms with Crippen LogP contribution in [0, 0.1) is 11.3 Å². The van der Waals surface area contributed by atoms with Gasteiger partial charge in [-0.25, -0.2) is 0 Å². The van der Waals surface area contributed by atoms with E-state index < -0.39 is 0 Å². The van der Waals surface area contributed by atoms with E-state index in [-0.39, 0.29) is 12.6 Å². The number of aliphatic hydroxyl groups excluding tert-OH is 1. The lowest BCUT2D eigenvalue weighted by atomic mass is 10.2. The van der Waals surface area contributed by atoms with Gasteiger partial charge in [-0.15, -0.1) is 0 Å². The van der Waals surface area contributed by atoms with Gasteiger partial charge in [-0.3, -0.25) is 5.32 Å². The zero-order chi connectivity index (χ0) is 11.1. The zero-order valence-electron chi connectivity index (χ0n) is 9.28. The molecule has 0 bridgehead atoms. The molecule has 0 heterocycles. The molecule has 0 aromatic heterocycles. The second-order valence-electron chi connectivity index (χ2n) is 4.10. The molecular weight excluding hydrogens is 208 g/mol. The zero-order valence-corrected chi connectivity index (χ0v) is 10.1. The monoisotopic (exact) mass is 228 g/mol. The number of rotatable bonds is 8. The molecule has 1 saturated carbocycles. The fourth-order valence-electron chi connectivity index (χ4n) is 1.37. The highest BCUT2D eigenvalue weighted by Gasteiger charge is 2.24. The maximum Gasteiger partial charge on any atom is 0.0963 e. The Kier molecular flexibility index (Phi) is 6.07. The number of hydrogen-bond donors (Lipinski definition) is 2. The van der Waals surface area contributed by atoms with Gasteiger partial charge in [0.2, 0.25) is 0 Å². The summed E-state index contributed by atoms with van der Waals surface area (Å²) in [6.45, 7) is 2.38. The van der Waals surface area contributed by atoms with Gasteiger partial charge in [-0.1, -0.05) is 6.92 Å². The van der Waals surface area contributed by atoms with Crippen molar-refractivity contribution in [3.8, 4) is 6.07 Å². The van der Waals surface area contributed by atoms with Crippen LogP contribution in [0.3, 0.4) is 0 Å². The molecule has 15 heavy (non-hydrogen) atoms. The van der Waals surface area contributed by atoms with Gasteiger partial charge < -0.3 is 5.11 Å². The first kappa shape index (κ1) is 12.8. The van der Waals surface area contributed by atoms with Crippen LogP contribution in [0.4, 0.5) is 0 Å². The molecule has 0 aromatic rings.